The minimum absolute atomic E-state index is 0.104. The van der Waals surface area contributed by atoms with Gasteiger partial charge in [-0.3, -0.25) is 4.79 Å². The van der Waals surface area contributed by atoms with Crippen LogP contribution in [0, 0.1) is 20.8 Å². The molecule has 1 unspecified atom stereocenters. The molecule has 36 heavy (non-hydrogen) atoms. The van der Waals surface area contributed by atoms with E-state index in [2.05, 4.69) is 5.32 Å². The zero-order chi connectivity index (χ0) is 25.8. The Balaban J connectivity index is 1.45. The quantitative estimate of drug-likeness (QED) is 0.220. The van der Waals surface area contributed by atoms with E-state index in [0.29, 0.717) is 11.1 Å². The Morgan fingerprint density at radius 3 is 2.42 bits per heavy atom. The Morgan fingerprint density at radius 2 is 1.67 bits per heavy atom. The van der Waals surface area contributed by atoms with Crippen molar-refractivity contribution in [2.24, 2.45) is 0 Å². The summed E-state index contributed by atoms with van der Waals surface area (Å²) in [4.78, 5) is 37.6. The molecular formula is C29H27NO6. The van der Waals surface area contributed by atoms with Crippen LogP contribution in [0.3, 0.4) is 0 Å². The van der Waals surface area contributed by atoms with E-state index in [1.807, 2.05) is 70.2 Å². The van der Waals surface area contributed by atoms with Crippen LogP contribution >= 0.6 is 0 Å². The van der Waals surface area contributed by atoms with Crippen LogP contribution in [0.4, 0.5) is 0 Å². The minimum atomic E-state index is -0.780. The van der Waals surface area contributed by atoms with Gasteiger partial charge in [-0.05, 0) is 68.1 Å². The number of hydrogen-bond acceptors (Lipinski definition) is 6. The normalized spacial score (nSPS) is 11.7. The van der Waals surface area contributed by atoms with Gasteiger partial charge in [-0.2, -0.15) is 0 Å². The number of carbonyl (C=O) groups excluding carboxylic acids is 2. The minimum Gasteiger partial charge on any atom is -0.481 e. The highest BCUT2D eigenvalue weighted by Crippen LogP contribution is 2.26. The molecule has 7 heteroatoms. The molecule has 1 heterocycles. The van der Waals surface area contributed by atoms with Gasteiger partial charge in [0, 0.05) is 11.5 Å². The van der Waals surface area contributed by atoms with Gasteiger partial charge in [0.2, 0.25) is 0 Å². The van der Waals surface area contributed by atoms with Crippen molar-refractivity contribution in [1.82, 2.24) is 5.32 Å². The van der Waals surface area contributed by atoms with Crippen molar-refractivity contribution in [1.29, 1.82) is 0 Å². The van der Waals surface area contributed by atoms with E-state index in [-0.39, 0.29) is 29.5 Å². The van der Waals surface area contributed by atoms with Crippen LogP contribution in [0.5, 0.6) is 11.5 Å². The maximum atomic E-state index is 12.7. The molecule has 1 amide bonds. The molecule has 0 saturated carbocycles. The Hall–Kier alpha value is -4.39. The van der Waals surface area contributed by atoms with E-state index < -0.39 is 17.5 Å². The number of aryl methyl sites for hydroxylation is 2. The van der Waals surface area contributed by atoms with Crippen molar-refractivity contribution in [2.75, 3.05) is 6.61 Å². The molecule has 4 aromatic rings. The van der Waals surface area contributed by atoms with Gasteiger partial charge in [0.1, 0.15) is 22.6 Å². The van der Waals surface area contributed by atoms with Crippen LogP contribution in [0.2, 0.25) is 0 Å². The summed E-state index contributed by atoms with van der Waals surface area (Å²) >= 11 is 0. The third-order valence-corrected chi connectivity index (χ3v) is 6.04. The predicted molar refractivity (Wildman–Crippen MR) is 137 cm³/mol. The van der Waals surface area contributed by atoms with Gasteiger partial charge in [0.25, 0.3) is 5.91 Å². The molecular weight excluding hydrogens is 458 g/mol. The molecule has 184 valence electrons. The van der Waals surface area contributed by atoms with Gasteiger partial charge in [-0.1, -0.05) is 42.5 Å². The molecule has 1 atom stereocenters. The van der Waals surface area contributed by atoms with Gasteiger partial charge < -0.3 is 19.2 Å². The first-order chi connectivity index (χ1) is 17.2. The van der Waals surface area contributed by atoms with Crippen LogP contribution in [-0.2, 0) is 4.79 Å². The Morgan fingerprint density at radius 1 is 0.944 bits per heavy atom. The zero-order valence-corrected chi connectivity index (χ0v) is 20.6. The van der Waals surface area contributed by atoms with Crippen molar-refractivity contribution in [3.63, 3.8) is 0 Å². The molecule has 3 aromatic carbocycles. The van der Waals surface area contributed by atoms with Crippen LogP contribution < -0.4 is 20.4 Å². The lowest BCUT2D eigenvalue weighted by molar-refractivity contribution is -0.136. The summed E-state index contributed by atoms with van der Waals surface area (Å²) in [5.74, 6) is -0.269. The fraction of sp³-hybridized carbons (Fsp3) is 0.207. The summed E-state index contributed by atoms with van der Waals surface area (Å²) in [5, 5.41) is 3.33. The zero-order valence-electron chi connectivity index (χ0n) is 20.6. The van der Waals surface area contributed by atoms with Crippen LogP contribution in [0.1, 0.15) is 45.6 Å². The van der Waals surface area contributed by atoms with E-state index in [9.17, 15) is 14.4 Å². The highest BCUT2D eigenvalue weighted by Gasteiger charge is 2.18. The first-order valence-corrected chi connectivity index (χ1v) is 11.6. The molecule has 0 fully saturated rings. The second-order valence-corrected chi connectivity index (χ2v) is 8.67. The van der Waals surface area contributed by atoms with Crippen LogP contribution in [-0.4, -0.2) is 18.5 Å². The highest BCUT2D eigenvalue weighted by atomic mass is 16.6. The fourth-order valence-electron chi connectivity index (χ4n) is 3.85. The number of carbonyl (C=O) groups is 2. The van der Waals surface area contributed by atoms with Crippen molar-refractivity contribution in [3.8, 4) is 11.5 Å². The molecule has 0 aliphatic rings. The largest absolute Gasteiger partial charge is 0.481 e. The summed E-state index contributed by atoms with van der Waals surface area (Å²) in [6, 6.07) is 19.2. The third-order valence-electron chi connectivity index (χ3n) is 6.04. The number of ether oxygens (including phenoxy) is 2. The summed E-state index contributed by atoms with van der Waals surface area (Å²) in [6.07, 6.45) is 0. The molecule has 0 aliphatic carbocycles. The SMILES string of the molecule is Cc1ccc(C)c(OCC(=O)Oc2ccc3cc(C(=O)NC(C)c4ccccc4)c(=O)oc3c2)c1C. The maximum Gasteiger partial charge on any atom is 0.349 e. The fourth-order valence-corrected chi connectivity index (χ4v) is 3.85. The topological polar surface area (TPSA) is 94.8 Å². The lowest BCUT2D eigenvalue weighted by Gasteiger charge is -2.14. The van der Waals surface area contributed by atoms with Crippen molar-refractivity contribution < 1.29 is 23.5 Å². The standard InChI is InChI=1S/C29H27NO6/c1-17-10-11-18(2)27(19(17)3)34-16-26(31)35-23-13-12-22-14-24(29(33)36-25(22)15-23)28(32)30-20(4)21-8-6-5-7-9-21/h5-15,20H,16H2,1-4H3,(H,30,32). The second kappa shape index (κ2) is 10.5. The van der Waals surface area contributed by atoms with Crippen molar-refractivity contribution >= 4 is 22.8 Å². The molecule has 0 saturated heterocycles. The molecule has 7 nitrogen and oxygen atoms in total. The van der Waals surface area contributed by atoms with Gasteiger partial charge in [0.15, 0.2) is 6.61 Å². The Labute approximate surface area is 208 Å². The molecule has 4 rings (SSSR count). The number of fused-ring (bicyclic) bond motifs is 1. The van der Waals surface area contributed by atoms with Crippen LogP contribution in [0.25, 0.3) is 11.0 Å². The summed E-state index contributed by atoms with van der Waals surface area (Å²) < 4.78 is 16.4. The van der Waals surface area contributed by atoms with Gasteiger partial charge in [0.05, 0.1) is 6.04 Å². The molecule has 0 bridgehead atoms. The monoisotopic (exact) mass is 485 g/mol. The van der Waals surface area contributed by atoms with Crippen LogP contribution in [0.15, 0.2) is 75.9 Å². The van der Waals surface area contributed by atoms with Gasteiger partial charge in [-0.15, -0.1) is 0 Å². The van der Waals surface area contributed by atoms with E-state index in [0.717, 1.165) is 22.3 Å². The van der Waals surface area contributed by atoms with Gasteiger partial charge >= 0.3 is 11.6 Å². The van der Waals surface area contributed by atoms with Crippen molar-refractivity contribution in [2.45, 2.75) is 33.7 Å². The Bertz CT molecular complexity index is 1490. The van der Waals surface area contributed by atoms with Gasteiger partial charge in [-0.25, -0.2) is 9.59 Å². The van der Waals surface area contributed by atoms with Crippen molar-refractivity contribution in [3.05, 3.63) is 105 Å². The molecule has 0 radical (unpaired) electrons. The average molecular weight is 486 g/mol. The third kappa shape index (κ3) is 5.46. The summed E-state index contributed by atoms with van der Waals surface area (Å²) in [6.45, 7) is 7.38. The Kier molecular flexibility index (Phi) is 7.20. The molecule has 1 N–H and O–H groups in total. The van der Waals surface area contributed by atoms with E-state index >= 15 is 0 Å². The summed E-state index contributed by atoms with van der Waals surface area (Å²) in [7, 11) is 0. The maximum absolute atomic E-state index is 12.7. The van der Waals surface area contributed by atoms with E-state index in [1.54, 1.807) is 12.1 Å². The second-order valence-electron chi connectivity index (χ2n) is 8.67. The summed E-state index contributed by atoms with van der Waals surface area (Å²) in [5.41, 5.74) is 3.19. The molecule has 1 aromatic heterocycles. The van der Waals surface area contributed by atoms with E-state index in [1.165, 1.54) is 12.1 Å². The average Bonchev–Trinajstić information content (AvgIpc) is 2.86. The molecule has 0 aliphatic heterocycles. The number of rotatable bonds is 7. The molecule has 0 spiro atoms. The lowest BCUT2D eigenvalue weighted by atomic mass is 10.1. The predicted octanol–water partition coefficient (Wildman–Crippen LogP) is 5.19. The number of amides is 1. The first kappa shape index (κ1) is 24.7. The number of nitrogens with one attached hydrogen (secondary N) is 1. The number of benzene rings is 3. The highest BCUT2D eigenvalue weighted by molar-refractivity contribution is 5.97. The number of hydrogen-bond donors (Lipinski definition) is 1. The van der Waals surface area contributed by atoms with E-state index in [4.69, 9.17) is 13.9 Å². The first-order valence-electron chi connectivity index (χ1n) is 11.6. The lowest BCUT2D eigenvalue weighted by Crippen LogP contribution is -2.30. The smallest absolute Gasteiger partial charge is 0.349 e. The number of esters is 1.